The van der Waals surface area contributed by atoms with E-state index < -0.39 is 0 Å². The number of nitrogens with zero attached hydrogens (tertiary/aromatic N) is 2. The Morgan fingerprint density at radius 3 is 2.67 bits per heavy atom. The Labute approximate surface area is 158 Å². The van der Waals surface area contributed by atoms with E-state index in [4.69, 9.17) is 9.26 Å². The molecule has 0 aliphatic carbocycles. The number of carbonyl (C=O) groups is 1. The van der Waals surface area contributed by atoms with Gasteiger partial charge in [-0.1, -0.05) is 41.6 Å². The van der Waals surface area contributed by atoms with Gasteiger partial charge in [-0.3, -0.25) is 4.79 Å². The second kappa shape index (κ2) is 8.98. The lowest BCUT2D eigenvalue weighted by Gasteiger charge is -2.06. The zero-order chi connectivity index (χ0) is 19.1. The van der Waals surface area contributed by atoms with E-state index in [1.165, 1.54) is 0 Å². The number of amides is 1. The van der Waals surface area contributed by atoms with Gasteiger partial charge in [0, 0.05) is 18.5 Å². The monoisotopic (exact) mass is 365 g/mol. The Bertz CT molecular complexity index is 888. The van der Waals surface area contributed by atoms with Gasteiger partial charge >= 0.3 is 0 Å². The van der Waals surface area contributed by atoms with Crippen molar-refractivity contribution in [3.05, 3.63) is 65.5 Å². The van der Waals surface area contributed by atoms with Crippen LogP contribution in [0.3, 0.4) is 0 Å². The SMILES string of the molecule is CCOc1ccc(CC(=O)NCCc2nc(-c3ccccc3C)no2)cc1. The van der Waals surface area contributed by atoms with Crippen molar-refractivity contribution < 1.29 is 14.1 Å². The van der Waals surface area contributed by atoms with E-state index >= 15 is 0 Å². The lowest BCUT2D eigenvalue weighted by atomic mass is 10.1. The summed E-state index contributed by atoms with van der Waals surface area (Å²) in [5, 5.41) is 6.91. The van der Waals surface area contributed by atoms with Crippen LogP contribution in [-0.4, -0.2) is 29.2 Å². The smallest absolute Gasteiger partial charge is 0.228 e. The minimum atomic E-state index is -0.0437. The molecule has 0 unspecified atom stereocenters. The molecule has 6 heteroatoms. The van der Waals surface area contributed by atoms with Crippen molar-refractivity contribution in [2.45, 2.75) is 26.7 Å². The van der Waals surface area contributed by atoms with Crippen LogP contribution < -0.4 is 10.1 Å². The molecular weight excluding hydrogens is 342 g/mol. The number of rotatable bonds is 8. The van der Waals surface area contributed by atoms with Crippen molar-refractivity contribution >= 4 is 5.91 Å². The molecule has 0 radical (unpaired) electrons. The van der Waals surface area contributed by atoms with Gasteiger partial charge in [0.25, 0.3) is 0 Å². The van der Waals surface area contributed by atoms with Crippen LogP contribution in [0.4, 0.5) is 0 Å². The minimum Gasteiger partial charge on any atom is -0.494 e. The highest BCUT2D eigenvalue weighted by Gasteiger charge is 2.11. The topological polar surface area (TPSA) is 77.2 Å². The molecule has 1 N–H and O–H groups in total. The first-order valence-electron chi connectivity index (χ1n) is 9.02. The Balaban J connectivity index is 1.47. The quantitative estimate of drug-likeness (QED) is 0.662. The fraction of sp³-hybridized carbons (Fsp3) is 0.286. The maximum atomic E-state index is 12.1. The summed E-state index contributed by atoms with van der Waals surface area (Å²) in [4.78, 5) is 16.5. The molecule has 1 aromatic heterocycles. The van der Waals surface area contributed by atoms with E-state index in [1.54, 1.807) is 0 Å². The predicted molar refractivity (Wildman–Crippen MR) is 102 cm³/mol. The molecule has 3 rings (SSSR count). The Kier molecular flexibility index (Phi) is 6.20. The number of aryl methyl sites for hydroxylation is 1. The summed E-state index contributed by atoms with van der Waals surface area (Å²) in [6.07, 6.45) is 0.818. The van der Waals surface area contributed by atoms with Crippen molar-refractivity contribution in [3.8, 4) is 17.1 Å². The molecule has 1 heterocycles. The molecule has 1 amide bonds. The summed E-state index contributed by atoms with van der Waals surface area (Å²) >= 11 is 0. The third-order valence-electron chi connectivity index (χ3n) is 4.11. The first-order valence-corrected chi connectivity index (χ1v) is 9.02. The molecule has 3 aromatic rings. The standard InChI is InChI=1S/C21H23N3O3/c1-3-26-17-10-8-16(9-11-17)14-19(25)22-13-12-20-23-21(24-27-20)18-7-5-4-6-15(18)2/h4-11H,3,12-14H2,1-2H3,(H,22,25). The van der Waals surface area contributed by atoms with Crippen molar-refractivity contribution in [1.82, 2.24) is 15.5 Å². The van der Waals surface area contributed by atoms with Crippen molar-refractivity contribution in [1.29, 1.82) is 0 Å². The maximum Gasteiger partial charge on any atom is 0.228 e. The number of benzene rings is 2. The lowest BCUT2D eigenvalue weighted by molar-refractivity contribution is -0.120. The fourth-order valence-corrected chi connectivity index (χ4v) is 2.72. The summed E-state index contributed by atoms with van der Waals surface area (Å²) in [7, 11) is 0. The van der Waals surface area contributed by atoms with E-state index in [0.29, 0.717) is 37.7 Å². The second-order valence-electron chi connectivity index (χ2n) is 6.18. The normalized spacial score (nSPS) is 10.6. The maximum absolute atomic E-state index is 12.1. The van der Waals surface area contributed by atoms with Crippen molar-refractivity contribution in [2.24, 2.45) is 0 Å². The van der Waals surface area contributed by atoms with E-state index in [1.807, 2.05) is 62.4 Å². The number of hydrogen-bond acceptors (Lipinski definition) is 5. The van der Waals surface area contributed by atoms with Gasteiger partial charge in [-0.2, -0.15) is 4.98 Å². The first kappa shape index (κ1) is 18.6. The molecule has 0 saturated carbocycles. The largest absolute Gasteiger partial charge is 0.494 e. The van der Waals surface area contributed by atoms with Gasteiger partial charge in [0.05, 0.1) is 13.0 Å². The van der Waals surface area contributed by atoms with Gasteiger partial charge in [0.1, 0.15) is 5.75 Å². The molecule has 0 bridgehead atoms. The lowest BCUT2D eigenvalue weighted by Crippen LogP contribution is -2.27. The van der Waals surface area contributed by atoms with Crippen LogP contribution in [0.15, 0.2) is 53.1 Å². The van der Waals surface area contributed by atoms with Gasteiger partial charge in [0.2, 0.25) is 17.6 Å². The molecule has 0 aliphatic rings. The Morgan fingerprint density at radius 2 is 1.93 bits per heavy atom. The second-order valence-corrected chi connectivity index (χ2v) is 6.18. The molecule has 0 fully saturated rings. The molecule has 140 valence electrons. The van der Waals surface area contributed by atoms with Gasteiger partial charge in [0.15, 0.2) is 0 Å². The molecular formula is C21H23N3O3. The third kappa shape index (κ3) is 5.17. The number of ether oxygens (including phenoxy) is 1. The molecule has 2 aromatic carbocycles. The zero-order valence-corrected chi connectivity index (χ0v) is 15.6. The summed E-state index contributed by atoms with van der Waals surface area (Å²) in [5.41, 5.74) is 2.98. The number of aromatic nitrogens is 2. The molecule has 0 saturated heterocycles. The minimum absolute atomic E-state index is 0.0437. The van der Waals surface area contributed by atoms with Crippen LogP contribution >= 0.6 is 0 Å². The van der Waals surface area contributed by atoms with Crippen LogP contribution in [0.25, 0.3) is 11.4 Å². The van der Waals surface area contributed by atoms with Gasteiger partial charge < -0.3 is 14.6 Å². The highest BCUT2D eigenvalue weighted by molar-refractivity contribution is 5.78. The summed E-state index contributed by atoms with van der Waals surface area (Å²) in [6, 6.07) is 15.4. The van der Waals surface area contributed by atoms with Gasteiger partial charge in [-0.25, -0.2) is 0 Å². The predicted octanol–water partition coefficient (Wildman–Crippen LogP) is 3.35. The van der Waals surface area contributed by atoms with E-state index in [9.17, 15) is 4.79 Å². The number of hydrogen-bond donors (Lipinski definition) is 1. The highest BCUT2D eigenvalue weighted by Crippen LogP contribution is 2.19. The van der Waals surface area contributed by atoms with E-state index in [0.717, 1.165) is 22.4 Å². The molecule has 0 spiro atoms. The van der Waals surface area contributed by atoms with Crippen LogP contribution in [0, 0.1) is 6.92 Å². The van der Waals surface area contributed by atoms with Crippen LogP contribution in [-0.2, 0) is 17.6 Å². The van der Waals surface area contributed by atoms with E-state index in [-0.39, 0.29) is 5.91 Å². The molecule has 27 heavy (non-hydrogen) atoms. The summed E-state index contributed by atoms with van der Waals surface area (Å²) < 4.78 is 10.7. The average molecular weight is 365 g/mol. The molecule has 6 nitrogen and oxygen atoms in total. The average Bonchev–Trinajstić information content (AvgIpc) is 3.12. The van der Waals surface area contributed by atoms with E-state index in [2.05, 4.69) is 15.5 Å². The van der Waals surface area contributed by atoms with Crippen LogP contribution in [0.2, 0.25) is 0 Å². The van der Waals surface area contributed by atoms with Gasteiger partial charge in [-0.05, 0) is 37.1 Å². The van der Waals surface area contributed by atoms with Gasteiger partial charge in [-0.15, -0.1) is 0 Å². The number of carbonyl (C=O) groups excluding carboxylic acids is 1. The molecule has 0 aliphatic heterocycles. The Hall–Kier alpha value is -3.15. The van der Waals surface area contributed by atoms with Crippen LogP contribution in [0.1, 0.15) is 23.9 Å². The fourth-order valence-electron chi connectivity index (χ4n) is 2.72. The summed E-state index contributed by atoms with van der Waals surface area (Å²) in [6.45, 7) is 5.02. The van der Waals surface area contributed by atoms with Crippen LogP contribution in [0.5, 0.6) is 5.75 Å². The van der Waals surface area contributed by atoms with Crippen molar-refractivity contribution in [2.75, 3.05) is 13.2 Å². The summed E-state index contributed by atoms with van der Waals surface area (Å²) in [5.74, 6) is 1.85. The molecule has 0 atom stereocenters. The number of nitrogens with one attached hydrogen (secondary N) is 1. The first-order chi connectivity index (χ1) is 13.2. The Morgan fingerprint density at radius 1 is 1.15 bits per heavy atom. The highest BCUT2D eigenvalue weighted by atomic mass is 16.5. The third-order valence-corrected chi connectivity index (χ3v) is 4.11. The van der Waals surface area contributed by atoms with Crippen molar-refractivity contribution in [3.63, 3.8) is 0 Å². The zero-order valence-electron chi connectivity index (χ0n) is 15.6.